The second-order valence-corrected chi connectivity index (χ2v) is 6.31. The van der Waals surface area contributed by atoms with Crippen LogP contribution >= 0.6 is 11.3 Å². The molecule has 1 heterocycles. The van der Waals surface area contributed by atoms with Gasteiger partial charge in [0.15, 0.2) is 0 Å². The number of aryl methyl sites for hydroxylation is 1. The van der Waals surface area contributed by atoms with E-state index in [1.54, 1.807) is 0 Å². The highest BCUT2D eigenvalue weighted by Gasteiger charge is 2.01. The molecule has 0 aliphatic rings. The van der Waals surface area contributed by atoms with E-state index < -0.39 is 0 Å². The SMILES string of the molecule is C/C=C(/C=O)CCCCCCc1cc2ccccc2s1. The maximum Gasteiger partial charge on any atom is 0.145 e. The van der Waals surface area contributed by atoms with Gasteiger partial charge in [0, 0.05) is 9.58 Å². The number of rotatable bonds is 8. The van der Waals surface area contributed by atoms with Gasteiger partial charge in [0.25, 0.3) is 0 Å². The largest absolute Gasteiger partial charge is 0.298 e. The number of aldehydes is 1. The number of unbranched alkanes of at least 4 members (excludes halogenated alkanes) is 3. The molecule has 0 N–H and O–H groups in total. The summed E-state index contributed by atoms with van der Waals surface area (Å²) >= 11 is 1.92. The molecule has 2 rings (SSSR count). The molecular weight excluding hydrogens is 264 g/mol. The molecule has 2 heteroatoms. The molecule has 106 valence electrons. The smallest absolute Gasteiger partial charge is 0.145 e. The van der Waals surface area contributed by atoms with Crippen molar-refractivity contribution in [3.05, 3.63) is 46.9 Å². The summed E-state index contributed by atoms with van der Waals surface area (Å²) in [6.45, 7) is 1.94. The van der Waals surface area contributed by atoms with Crippen LogP contribution in [0.2, 0.25) is 0 Å². The van der Waals surface area contributed by atoms with Gasteiger partial charge in [0.05, 0.1) is 0 Å². The van der Waals surface area contributed by atoms with Crippen LogP contribution in [0.4, 0.5) is 0 Å². The van der Waals surface area contributed by atoms with Gasteiger partial charge in [0.1, 0.15) is 6.29 Å². The minimum atomic E-state index is 0.933. The second-order valence-electron chi connectivity index (χ2n) is 5.15. The molecule has 20 heavy (non-hydrogen) atoms. The van der Waals surface area contributed by atoms with Gasteiger partial charge in [-0.15, -0.1) is 11.3 Å². The Morgan fingerprint density at radius 3 is 2.70 bits per heavy atom. The first-order valence-electron chi connectivity index (χ1n) is 7.41. The summed E-state index contributed by atoms with van der Waals surface area (Å²) in [5.41, 5.74) is 0.939. The summed E-state index contributed by atoms with van der Waals surface area (Å²) in [7, 11) is 0. The van der Waals surface area contributed by atoms with Crippen LogP contribution in [0, 0.1) is 0 Å². The third kappa shape index (κ3) is 4.31. The first kappa shape index (κ1) is 15.0. The highest BCUT2D eigenvalue weighted by molar-refractivity contribution is 7.19. The molecule has 0 amide bonds. The highest BCUT2D eigenvalue weighted by Crippen LogP contribution is 2.26. The van der Waals surface area contributed by atoms with Gasteiger partial charge < -0.3 is 0 Å². The van der Waals surface area contributed by atoms with Crippen molar-refractivity contribution in [2.75, 3.05) is 0 Å². The third-order valence-corrected chi connectivity index (χ3v) is 4.81. The van der Waals surface area contributed by atoms with E-state index in [1.165, 1.54) is 40.6 Å². The Labute approximate surface area is 125 Å². The van der Waals surface area contributed by atoms with E-state index in [4.69, 9.17) is 0 Å². The fraction of sp³-hybridized carbons (Fsp3) is 0.389. The lowest BCUT2D eigenvalue weighted by molar-refractivity contribution is -0.105. The van der Waals surface area contributed by atoms with Crippen LogP contribution in [0.25, 0.3) is 10.1 Å². The normalized spacial score (nSPS) is 11.9. The van der Waals surface area contributed by atoms with Crippen LogP contribution < -0.4 is 0 Å². The molecule has 0 aliphatic heterocycles. The van der Waals surface area contributed by atoms with E-state index in [-0.39, 0.29) is 0 Å². The summed E-state index contributed by atoms with van der Waals surface area (Å²) in [4.78, 5) is 12.2. The Morgan fingerprint density at radius 1 is 1.15 bits per heavy atom. The third-order valence-electron chi connectivity index (χ3n) is 3.64. The summed E-state index contributed by atoms with van der Waals surface area (Å²) < 4.78 is 1.39. The van der Waals surface area contributed by atoms with Gasteiger partial charge >= 0.3 is 0 Å². The van der Waals surface area contributed by atoms with E-state index in [0.717, 1.165) is 24.7 Å². The molecule has 1 nitrogen and oxygen atoms in total. The average molecular weight is 286 g/mol. The number of allylic oxidation sites excluding steroid dienone is 2. The minimum Gasteiger partial charge on any atom is -0.298 e. The van der Waals surface area contributed by atoms with Gasteiger partial charge in [-0.05, 0) is 55.7 Å². The lowest BCUT2D eigenvalue weighted by Gasteiger charge is -2.00. The molecule has 0 aliphatic carbocycles. The van der Waals surface area contributed by atoms with E-state index in [1.807, 2.05) is 24.3 Å². The molecule has 1 aromatic carbocycles. The van der Waals surface area contributed by atoms with Crippen LogP contribution in [0.15, 0.2) is 42.0 Å². The Balaban J connectivity index is 1.67. The maximum atomic E-state index is 10.7. The summed E-state index contributed by atoms with van der Waals surface area (Å²) in [5.74, 6) is 0. The van der Waals surface area contributed by atoms with Crippen LogP contribution in [0.1, 0.15) is 43.9 Å². The molecule has 0 saturated carbocycles. The number of carbonyl (C=O) groups excluding carboxylic acids is 1. The van der Waals surface area contributed by atoms with E-state index in [2.05, 4.69) is 30.3 Å². The summed E-state index contributed by atoms with van der Waals surface area (Å²) in [6.07, 6.45) is 9.87. The molecule has 0 radical (unpaired) electrons. The Bertz CT molecular complexity index is 547. The average Bonchev–Trinajstić information content (AvgIpc) is 2.89. The number of carbonyl (C=O) groups is 1. The minimum absolute atomic E-state index is 0.933. The number of fused-ring (bicyclic) bond motifs is 1. The first-order valence-corrected chi connectivity index (χ1v) is 8.23. The van der Waals surface area contributed by atoms with E-state index in [0.29, 0.717) is 0 Å². The Kier molecular flexibility index (Phi) is 6.00. The Hall–Kier alpha value is -1.41. The zero-order valence-electron chi connectivity index (χ0n) is 12.1. The molecule has 1 aromatic heterocycles. The molecule has 0 fully saturated rings. The van der Waals surface area contributed by atoms with Gasteiger partial charge in [-0.3, -0.25) is 4.79 Å². The van der Waals surface area contributed by atoms with Crippen LogP contribution in [-0.2, 0) is 11.2 Å². The van der Waals surface area contributed by atoms with Crippen molar-refractivity contribution in [3.63, 3.8) is 0 Å². The lowest BCUT2D eigenvalue weighted by Crippen LogP contribution is -1.86. The van der Waals surface area contributed by atoms with Crippen molar-refractivity contribution >= 4 is 27.7 Å². The van der Waals surface area contributed by atoms with E-state index >= 15 is 0 Å². The van der Waals surface area contributed by atoms with Crippen molar-refractivity contribution in [1.82, 2.24) is 0 Å². The second kappa shape index (κ2) is 8.01. The van der Waals surface area contributed by atoms with Crippen molar-refractivity contribution in [1.29, 1.82) is 0 Å². The van der Waals surface area contributed by atoms with Gasteiger partial charge in [-0.2, -0.15) is 0 Å². The number of benzene rings is 1. The monoisotopic (exact) mass is 286 g/mol. The molecule has 2 aromatic rings. The summed E-state index contributed by atoms with van der Waals surface area (Å²) in [6, 6.07) is 10.9. The molecular formula is C18H22OS. The Morgan fingerprint density at radius 2 is 1.95 bits per heavy atom. The van der Waals surface area contributed by atoms with Crippen LogP contribution in [-0.4, -0.2) is 6.29 Å². The van der Waals surface area contributed by atoms with Gasteiger partial charge in [0.2, 0.25) is 0 Å². The van der Waals surface area contributed by atoms with Crippen molar-refractivity contribution in [2.45, 2.75) is 45.4 Å². The fourth-order valence-electron chi connectivity index (χ4n) is 2.41. The highest BCUT2D eigenvalue weighted by atomic mass is 32.1. The topological polar surface area (TPSA) is 17.1 Å². The number of hydrogen-bond donors (Lipinski definition) is 0. The molecule has 0 saturated heterocycles. The van der Waals surface area contributed by atoms with Crippen molar-refractivity contribution in [2.24, 2.45) is 0 Å². The molecule has 0 unspecified atom stereocenters. The lowest BCUT2D eigenvalue weighted by atomic mass is 10.1. The summed E-state index contributed by atoms with van der Waals surface area (Å²) in [5, 5.41) is 1.37. The van der Waals surface area contributed by atoms with Crippen LogP contribution in [0.5, 0.6) is 0 Å². The molecule has 0 bridgehead atoms. The first-order chi connectivity index (χ1) is 9.83. The molecule has 0 atom stereocenters. The van der Waals surface area contributed by atoms with Crippen LogP contribution in [0.3, 0.4) is 0 Å². The zero-order valence-corrected chi connectivity index (χ0v) is 12.9. The predicted molar refractivity (Wildman–Crippen MR) is 88.4 cm³/mol. The zero-order chi connectivity index (χ0) is 14.2. The predicted octanol–water partition coefficient (Wildman–Crippen LogP) is 5.54. The van der Waals surface area contributed by atoms with Gasteiger partial charge in [-0.25, -0.2) is 0 Å². The number of hydrogen-bond acceptors (Lipinski definition) is 2. The van der Waals surface area contributed by atoms with Crippen molar-refractivity contribution in [3.8, 4) is 0 Å². The molecule has 0 spiro atoms. The van der Waals surface area contributed by atoms with Gasteiger partial charge in [-0.1, -0.05) is 37.1 Å². The van der Waals surface area contributed by atoms with Crippen molar-refractivity contribution < 1.29 is 4.79 Å². The number of thiophene rings is 1. The standard InChI is InChI=1S/C18H22OS/c1-2-15(14-19)9-5-3-4-6-11-17-13-16-10-7-8-12-18(16)20-17/h2,7-8,10,12-14H,3-6,9,11H2,1H3/b15-2+. The quantitative estimate of drug-likeness (QED) is 0.354. The maximum absolute atomic E-state index is 10.7. The van der Waals surface area contributed by atoms with E-state index in [9.17, 15) is 4.79 Å². The fourth-order valence-corrected chi connectivity index (χ4v) is 3.52.